The summed E-state index contributed by atoms with van der Waals surface area (Å²) < 4.78 is 56.8. The number of rotatable bonds is 10. The molecule has 1 atom stereocenters. The molecule has 234 valence electrons. The lowest BCUT2D eigenvalue weighted by Gasteiger charge is -2.33. The number of alkyl halides is 3. The van der Waals surface area contributed by atoms with Crippen LogP contribution in [-0.2, 0) is 31.0 Å². The number of hydrogen-bond donors (Lipinski definition) is 2. The predicted molar refractivity (Wildman–Crippen MR) is 148 cm³/mol. The number of carbonyl (C=O) groups is 4. The van der Waals surface area contributed by atoms with Crippen LogP contribution in [-0.4, -0.2) is 65.5 Å². The summed E-state index contributed by atoms with van der Waals surface area (Å²) in [5, 5.41) is 12.5. The zero-order valence-corrected chi connectivity index (χ0v) is 24.6. The van der Waals surface area contributed by atoms with Crippen LogP contribution in [0.1, 0.15) is 96.3 Å². The van der Waals surface area contributed by atoms with Crippen LogP contribution in [0.3, 0.4) is 0 Å². The number of benzene rings is 1. The number of halogens is 3. The van der Waals surface area contributed by atoms with E-state index in [1.165, 1.54) is 38.1 Å². The maximum absolute atomic E-state index is 13.8. The SMILES string of the molecule is CCOC(=O)c1c(CCC(F)(F)F)nc([C@]2(C(=O)OC(C)(C)C)CCCN2)c(C(=O)OCC)c1-c1ccc(C(=O)O)cc1. The van der Waals surface area contributed by atoms with Crippen LogP contribution >= 0.6 is 0 Å². The highest BCUT2D eigenvalue weighted by Gasteiger charge is 2.51. The third kappa shape index (κ3) is 7.70. The summed E-state index contributed by atoms with van der Waals surface area (Å²) >= 11 is 0. The number of nitrogens with zero attached hydrogens (tertiary/aromatic N) is 1. The third-order valence-corrected chi connectivity index (χ3v) is 6.60. The molecule has 0 bridgehead atoms. The van der Waals surface area contributed by atoms with E-state index in [0.29, 0.717) is 13.0 Å². The molecule has 1 aliphatic heterocycles. The molecule has 2 heterocycles. The summed E-state index contributed by atoms with van der Waals surface area (Å²) in [7, 11) is 0. The summed E-state index contributed by atoms with van der Waals surface area (Å²) in [5.74, 6) is -4.10. The van der Waals surface area contributed by atoms with Crippen molar-refractivity contribution in [3.63, 3.8) is 0 Å². The monoisotopic (exact) mass is 608 g/mol. The summed E-state index contributed by atoms with van der Waals surface area (Å²) in [4.78, 5) is 57.0. The first kappa shape index (κ1) is 33.5. The number of carboxylic acids is 1. The van der Waals surface area contributed by atoms with Gasteiger partial charge in [-0.25, -0.2) is 19.2 Å². The molecule has 1 aliphatic rings. The number of nitrogens with one attached hydrogen (secondary N) is 1. The largest absolute Gasteiger partial charge is 0.478 e. The normalized spacial score (nSPS) is 16.9. The third-order valence-electron chi connectivity index (χ3n) is 6.60. The molecule has 0 unspecified atom stereocenters. The van der Waals surface area contributed by atoms with Crippen LogP contribution < -0.4 is 5.32 Å². The lowest BCUT2D eigenvalue weighted by Crippen LogP contribution is -2.50. The van der Waals surface area contributed by atoms with E-state index in [2.05, 4.69) is 10.3 Å². The first-order chi connectivity index (χ1) is 20.0. The second-order valence-corrected chi connectivity index (χ2v) is 10.9. The lowest BCUT2D eigenvalue weighted by atomic mass is 9.83. The van der Waals surface area contributed by atoms with Crippen molar-refractivity contribution in [2.75, 3.05) is 19.8 Å². The molecule has 13 heteroatoms. The number of aromatic carboxylic acids is 1. The van der Waals surface area contributed by atoms with Gasteiger partial charge in [0.15, 0.2) is 5.54 Å². The van der Waals surface area contributed by atoms with Gasteiger partial charge >= 0.3 is 30.1 Å². The van der Waals surface area contributed by atoms with E-state index in [-0.39, 0.29) is 53.3 Å². The van der Waals surface area contributed by atoms with Gasteiger partial charge in [0.2, 0.25) is 0 Å². The van der Waals surface area contributed by atoms with Crippen LogP contribution in [0.4, 0.5) is 13.2 Å². The Balaban J connectivity index is 2.54. The summed E-state index contributed by atoms with van der Waals surface area (Å²) in [6, 6.07) is 5.05. The number of esters is 3. The maximum Gasteiger partial charge on any atom is 0.389 e. The zero-order chi connectivity index (χ0) is 32.2. The van der Waals surface area contributed by atoms with E-state index in [1.54, 1.807) is 20.8 Å². The van der Waals surface area contributed by atoms with E-state index in [4.69, 9.17) is 14.2 Å². The smallest absolute Gasteiger partial charge is 0.389 e. The minimum atomic E-state index is -4.63. The molecule has 3 rings (SSSR count). The van der Waals surface area contributed by atoms with Crippen molar-refractivity contribution in [1.82, 2.24) is 10.3 Å². The van der Waals surface area contributed by atoms with Gasteiger partial charge in [-0.1, -0.05) is 12.1 Å². The predicted octanol–water partition coefficient (Wildman–Crippen LogP) is 5.22. The molecule has 1 aromatic heterocycles. The van der Waals surface area contributed by atoms with Crippen LogP contribution in [0.15, 0.2) is 24.3 Å². The lowest BCUT2D eigenvalue weighted by molar-refractivity contribution is -0.163. The van der Waals surface area contributed by atoms with Crippen LogP contribution in [0.25, 0.3) is 11.1 Å². The maximum atomic E-state index is 13.8. The Hall–Kier alpha value is -4.00. The number of aromatic nitrogens is 1. The van der Waals surface area contributed by atoms with E-state index < -0.39 is 59.6 Å². The molecular formula is C30H35F3N2O8. The van der Waals surface area contributed by atoms with Gasteiger partial charge in [0.25, 0.3) is 0 Å². The molecular weight excluding hydrogens is 573 g/mol. The molecule has 0 saturated carbocycles. The molecule has 1 fully saturated rings. The first-order valence-corrected chi connectivity index (χ1v) is 13.8. The summed E-state index contributed by atoms with van der Waals surface area (Å²) in [6.45, 7) is 7.99. The standard InChI is InChI=1S/C30H35F3N2O8/c1-6-41-25(38)21-19(13-15-30(31,32)33)35-23(29(14-8-16-34-29)27(40)43-28(3,4)5)22(26(39)42-7-2)20(21)17-9-11-18(12-10-17)24(36)37/h9-12,34H,6-8,13-16H2,1-5H3,(H,36,37)/t29-/m0/s1. The van der Waals surface area contributed by atoms with Crippen molar-refractivity contribution < 1.29 is 51.7 Å². The van der Waals surface area contributed by atoms with Crippen molar-refractivity contribution in [2.45, 2.75) is 77.6 Å². The minimum absolute atomic E-state index is 0.0795. The Bertz CT molecular complexity index is 1380. The molecule has 0 radical (unpaired) electrons. The Labute approximate surface area is 246 Å². The average Bonchev–Trinajstić information content (AvgIpc) is 3.41. The molecule has 0 amide bonds. The second kappa shape index (κ2) is 13.1. The molecule has 2 aromatic rings. The molecule has 43 heavy (non-hydrogen) atoms. The Morgan fingerprint density at radius 1 is 0.977 bits per heavy atom. The highest BCUT2D eigenvalue weighted by Crippen LogP contribution is 2.42. The van der Waals surface area contributed by atoms with Gasteiger partial charge in [-0.2, -0.15) is 13.2 Å². The molecule has 1 saturated heterocycles. The fourth-order valence-corrected chi connectivity index (χ4v) is 4.86. The molecule has 0 spiro atoms. The highest BCUT2D eigenvalue weighted by molar-refractivity contribution is 6.08. The number of pyridine rings is 1. The van der Waals surface area contributed by atoms with Gasteiger partial charge in [-0.05, 0) is 78.1 Å². The Morgan fingerprint density at radius 3 is 2.02 bits per heavy atom. The van der Waals surface area contributed by atoms with Gasteiger partial charge in [0, 0.05) is 12.0 Å². The van der Waals surface area contributed by atoms with E-state index >= 15 is 0 Å². The molecule has 2 N–H and O–H groups in total. The van der Waals surface area contributed by atoms with Crippen LogP contribution in [0.2, 0.25) is 0 Å². The topological polar surface area (TPSA) is 141 Å². The number of aryl methyl sites for hydroxylation is 1. The van der Waals surface area contributed by atoms with Gasteiger partial charge in [0.05, 0.1) is 41.3 Å². The summed E-state index contributed by atoms with van der Waals surface area (Å²) in [5.41, 5.74) is -4.31. The molecule has 10 nitrogen and oxygen atoms in total. The fraction of sp³-hybridized carbons (Fsp3) is 0.500. The number of hydrogen-bond acceptors (Lipinski definition) is 9. The molecule has 1 aromatic carbocycles. The van der Waals surface area contributed by atoms with E-state index in [9.17, 15) is 37.5 Å². The van der Waals surface area contributed by atoms with Crippen molar-refractivity contribution >= 4 is 23.9 Å². The minimum Gasteiger partial charge on any atom is -0.478 e. The Kier molecular flexibility index (Phi) is 10.2. The fourth-order valence-electron chi connectivity index (χ4n) is 4.86. The number of ether oxygens (including phenoxy) is 3. The molecule has 0 aliphatic carbocycles. The van der Waals surface area contributed by atoms with E-state index in [0.717, 1.165) is 0 Å². The van der Waals surface area contributed by atoms with Gasteiger partial charge in [0.1, 0.15) is 5.60 Å². The summed E-state index contributed by atoms with van der Waals surface area (Å²) in [6.07, 6.45) is -6.27. The van der Waals surface area contributed by atoms with E-state index in [1.807, 2.05) is 0 Å². The quantitative estimate of drug-likeness (QED) is 0.273. The number of carboxylic acid groups (broad SMARTS) is 1. The first-order valence-electron chi connectivity index (χ1n) is 13.8. The van der Waals surface area contributed by atoms with Gasteiger partial charge < -0.3 is 19.3 Å². The van der Waals surface area contributed by atoms with Crippen molar-refractivity contribution in [3.05, 3.63) is 52.3 Å². The van der Waals surface area contributed by atoms with Gasteiger partial charge in [-0.15, -0.1) is 0 Å². The van der Waals surface area contributed by atoms with Gasteiger partial charge in [-0.3, -0.25) is 10.3 Å². The van der Waals surface area contributed by atoms with Crippen LogP contribution in [0, 0.1) is 0 Å². The zero-order valence-electron chi connectivity index (χ0n) is 24.6. The second-order valence-electron chi connectivity index (χ2n) is 10.9. The average molecular weight is 609 g/mol. The number of carbonyl (C=O) groups excluding carboxylic acids is 3. The van der Waals surface area contributed by atoms with Crippen molar-refractivity contribution in [2.24, 2.45) is 0 Å². The highest BCUT2D eigenvalue weighted by atomic mass is 19.4. The van der Waals surface area contributed by atoms with Crippen LogP contribution in [0.5, 0.6) is 0 Å². The Morgan fingerprint density at radius 2 is 1.56 bits per heavy atom. The van der Waals surface area contributed by atoms with Crippen molar-refractivity contribution in [1.29, 1.82) is 0 Å². The van der Waals surface area contributed by atoms with Crippen molar-refractivity contribution in [3.8, 4) is 11.1 Å².